The zero-order valence-electron chi connectivity index (χ0n) is 17.9. The van der Waals surface area contributed by atoms with E-state index in [-0.39, 0.29) is 32.8 Å². The fraction of sp³-hybridized carbons (Fsp3) is 0.381. The number of methoxy groups -OCH3 is 2. The van der Waals surface area contributed by atoms with E-state index in [1.54, 1.807) is 6.07 Å². The Kier molecular flexibility index (Phi) is 7.26. The largest absolute Gasteiger partial charge is 0.495 e. The van der Waals surface area contributed by atoms with Crippen molar-refractivity contribution in [1.82, 2.24) is 5.32 Å². The minimum absolute atomic E-state index is 0.0269. The summed E-state index contributed by atoms with van der Waals surface area (Å²) in [5.74, 6) is 0.299. The summed E-state index contributed by atoms with van der Waals surface area (Å²) in [6.45, 7) is 5.77. The number of hydrogen-bond acceptors (Lipinski definition) is 5. The maximum absolute atomic E-state index is 13.2. The van der Waals surface area contributed by atoms with Gasteiger partial charge in [-0.25, -0.2) is 8.42 Å². The maximum Gasteiger partial charge on any atom is 0.264 e. The van der Waals surface area contributed by atoms with Gasteiger partial charge >= 0.3 is 0 Å². The summed E-state index contributed by atoms with van der Waals surface area (Å²) < 4.78 is 38.0. The van der Waals surface area contributed by atoms with Crippen LogP contribution < -0.4 is 19.1 Å². The first kappa shape index (κ1) is 23.8. The number of amides is 1. The summed E-state index contributed by atoms with van der Waals surface area (Å²) in [5, 5.41) is 3.14. The van der Waals surface area contributed by atoms with E-state index in [0.29, 0.717) is 5.75 Å². The van der Waals surface area contributed by atoms with Gasteiger partial charge in [0.15, 0.2) is 0 Å². The van der Waals surface area contributed by atoms with Gasteiger partial charge in [0.2, 0.25) is 0 Å². The Morgan fingerprint density at radius 2 is 1.77 bits per heavy atom. The van der Waals surface area contributed by atoms with Gasteiger partial charge in [-0.05, 0) is 44.5 Å². The van der Waals surface area contributed by atoms with Crippen molar-refractivity contribution in [3.63, 3.8) is 0 Å². The predicted molar refractivity (Wildman–Crippen MR) is 118 cm³/mol. The molecule has 0 aliphatic carbocycles. The third-order valence-electron chi connectivity index (χ3n) is 4.88. The lowest BCUT2D eigenvalue weighted by Crippen LogP contribution is -2.42. The van der Waals surface area contributed by atoms with Crippen LogP contribution in [0.3, 0.4) is 0 Å². The van der Waals surface area contributed by atoms with Crippen molar-refractivity contribution in [2.24, 2.45) is 0 Å². The fourth-order valence-corrected chi connectivity index (χ4v) is 4.12. The monoisotopic (exact) mass is 454 g/mol. The van der Waals surface area contributed by atoms with Crippen molar-refractivity contribution in [2.45, 2.75) is 37.6 Å². The van der Waals surface area contributed by atoms with Gasteiger partial charge in [0, 0.05) is 24.2 Å². The highest BCUT2D eigenvalue weighted by atomic mass is 35.5. The Labute approximate surface area is 183 Å². The van der Waals surface area contributed by atoms with Crippen molar-refractivity contribution in [3.8, 4) is 11.5 Å². The molecule has 2 aromatic carbocycles. The molecule has 7 nitrogen and oxygen atoms in total. The van der Waals surface area contributed by atoms with Crippen LogP contribution in [0.5, 0.6) is 11.5 Å². The molecule has 0 spiro atoms. The second-order valence-electron chi connectivity index (χ2n) is 7.35. The number of rotatable bonds is 8. The Morgan fingerprint density at radius 1 is 1.13 bits per heavy atom. The molecule has 0 saturated heterocycles. The molecule has 2 rings (SSSR count). The highest BCUT2D eigenvalue weighted by Crippen LogP contribution is 2.39. The van der Waals surface area contributed by atoms with E-state index in [9.17, 15) is 13.2 Å². The van der Waals surface area contributed by atoms with Crippen LogP contribution in [-0.4, -0.2) is 41.1 Å². The maximum atomic E-state index is 13.2. The first-order chi connectivity index (χ1) is 14.0. The van der Waals surface area contributed by atoms with Gasteiger partial charge in [-0.2, -0.15) is 0 Å². The van der Waals surface area contributed by atoms with Crippen LogP contribution in [-0.2, 0) is 10.0 Å². The van der Waals surface area contributed by atoms with Gasteiger partial charge in [0.25, 0.3) is 15.9 Å². The lowest BCUT2D eigenvalue weighted by molar-refractivity contribution is 0.0911. The van der Waals surface area contributed by atoms with Crippen LogP contribution in [0.4, 0.5) is 5.69 Å². The topological polar surface area (TPSA) is 84.9 Å². The van der Waals surface area contributed by atoms with Gasteiger partial charge in [-0.15, -0.1) is 0 Å². The third-order valence-corrected chi connectivity index (χ3v) is 6.95. The molecule has 0 fully saturated rings. The van der Waals surface area contributed by atoms with E-state index >= 15 is 0 Å². The quantitative estimate of drug-likeness (QED) is 0.649. The van der Waals surface area contributed by atoms with Gasteiger partial charge in [-0.1, -0.05) is 24.6 Å². The van der Waals surface area contributed by atoms with E-state index in [1.807, 2.05) is 20.8 Å². The second kappa shape index (κ2) is 9.14. The van der Waals surface area contributed by atoms with Gasteiger partial charge in [-0.3, -0.25) is 9.10 Å². The van der Waals surface area contributed by atoms with Crippen LogP contribution in [0.15, 0.2) is 41.3 Å². The van der Waals surface area contributed by atoms with Crippen LogP contribution >= 0.6 is 11.6 Å². The smallest absolute Gasteiger partial charge is 0.264 e. The average molecular weight is 455 g/mol. The molecule has 1 amide bonds. The summed E-state index contributed by atoms with van der Waals surface area (Å²) in [7, 11) is 0.279. The van der Waals surface area contributed by atoms with Crippen LogP contribution in [0, 0.1) is 0 Å². The number of nitrogens with zero attached hydrogens (tertiary/aromatic N) is 1. The Bertz CT molecular complexity index is 1040. The molecule has 164 valence electrons. The predicted octanol–water partition coefficient (Wildman–Crippen LogP) is 4.10. The second-order valence-corrected chi connectivity index (χ2v) is 9.73. The minimum atomic E-state index is -3.99. The van der Waals surface area contributed by atoms with Crippen LogP contribution in [0.25, 0.3) is 0 Å². The number of hydrogen-bond donors (Lipinski definition) is 1. The van der Waals surface area contributed by atoms with Gasteiger partial charge in [0.05, 0.1) is 29.8 Å². The minimum Gasteiger partial charge on any atom is -0.495 e. The molecule has 9 heteroatoms. The molecule has 30 heavy (non-hydrogen) atoms. The van der Waals surface area contributed by atoms with Crippen molar-refractivity contribution in [2.75, 3.05) is 25.6 Å². The summed E-state index contributed by atoms with van der Waals surface area (Å²) in [6.07, 6.45) is 0.734. The van der Waals surface area contributed by atoms with E-state index in [0.717, 1.165) is 10.7 Å². The molecule has 0 radical (unpaired) electrons. The summed E-state index contributed by atoms with van der Waals surface area (Å²) in [6, 6.07) is 8.87. The number of ether oxygens (including phenoxy) is 2. The molecule has 0 bridgehead atoms. The molecule has 0 unspecified atom stereocenters. The van der Waals surface area contributed by atoms with Crippen LogP contribution in [0.1, 0.15) is 37.6 Å². The van der Waals surface area contributed by atoms with Gasteiger partial charge in [0.1, 0.15) is 11.5 Å². The number of nitrogens with one attached hydrogen (secondary N) is 1. The number of halogens is 1. The zero-order valence-corrected chi connectivity index (χ0v) is 19.5. The van der Waals surface area contributed by atoms with Gasteiger partial charge < -0.3 is 14.8 Å². The fourth-order valence-electron chi connectivity index (χ4n) is 2.64. The molecule has 0 aliphatic heterocycles. The summed E-state index contributed by atoms with van der Waals surface area (Å²) in [4.78, 5) is 12.6. The van der Waals surface area contributed by atoms with Crippen molar-refractivity contribution in [1.29, 1.82) is 0 Å². The van der Waals surface area contributed by atoms with E-state index in [1.165, 1.54) is 51.6 Å². The molecule has 0 aliphatic rings. The number of anilines is 1. The Hall–Kier alpha value is -2.45. The summed E-state index contributed by atoms with van der Waals surface area (Å²) >= 11 is 6.19. The zero-order chi connectivity index (χ0) is 22.7. The van der Waals surface area contributed by atoms with E-state index in [2.05, 4.69) is 5.32 Å². The highest BCUT2D eigenvalue weighted by molar-refractivity contribution is 7.92. The average Bonchev–Trinajstić information content (AvgIpc) is 2.72. The third kappa shape index (κ3) is 4.99. The Balaban J connectivity index is 2.45. The first-order valence-electron chi connectivity index (χ1n) is 9.30. The highest BCUT2D eigenvalue weighted by Gasteiger charge is 2.27. The molecule has 1 N–H and O–H groups in total. The lowest BCUT2D eigenvalue weighted by Gasteiger charge is -2.25. The van der Waals surface area contributed by atoms with Crippen molar-refractivity contribution >= 4 is 33.2 Å². The number of carbonyl (C=O) groups is 1. The first-order valence-corrected chi connectivity index (χ1v) is 11.1. The normalized spacial score (nSPS) is 11.7. The molecule has 2 aromatic rings. The number of sulfonamides is 1. The SMILES string of the molecule is CCC(C)(C)NC(=O)c1cccc(S(=O)(=O)N(C)c2cc(Cl)c(OC)cc2OC)c1. The van der Waals surface area contributed by atoms with E-state index in [4.69, 9.17) is 21.1 Å². The molecular formula is C21H27ClN2O5S. The van der Waals surface area contributed by atoms with Crippen molar-refractivity contribution < 1.29 is 22.7 Å². The van der Waals surface area contributed by atoms with E-state index < -0.39 is 15.6 Å². The standard InChI is InChI=1S/C21H27ClN2O5S/c1-7-21(2,3)23-20(25)14-9-8-10-15(11-14)30(26,27)24(4)17-12-16(22)18(28-5)13-19(17)29-6/h8-13H,7H2,1-6H3,(H,23,25). The number of carbonyl (C=O) groups excluding carboxylic acids is 1. The molecule has 0 atom stereocenters. The molecule has 0 aromatic heterocycles. The Morgan fingerprint density at radius 3 is 2.33 bits per heavy atom. The molecule has 0 saturated carbocycles. The van der Waals surface area contributed by atoms with Crippen molar-refractivity contribution in [3.05, 3.63) is 47.0 Å². The summed E-state index contributed by atoms with van der Waals surface area (Å²) in [5.41, 5.74) is 0.0895. The molecule has 0 heterocycles. The lowest BCUT2D eigenvalue weighted by atomic mass is 10.0. The molecular weight excluding hydrogens is 428 g/mol. The number of benzene rings is 2. The van der Waals surface area contributed by atoms with Crippen LogP contribution in [0.2, 0.25) is 5.02 Å².